The Morgan fingerprint density at radius 2 is 2.05 bits per heavy atom. The molecule has 0 bridgehead atoms. The van der Waals surface area contributed by atoms with Gasteiger partial charge in [-0.2, -0.15) is 4.98 Å². The first kappa shape index (κ1) is 12.5. The van der Waals surface area contributed by atoms with Crippen LogP contribution in [0.2, 0.25) is 0 Å². The number of oxazole rings is 1. The summed E-state index contributed by atoms with van der Waals surface area (Å²) in [7, 11) is 0. The van der Waals surface area contributed by atoms with Gasteiger partial charge in [-0.3, -0.25) is 4.90 Å². The standard InChI is InChI=1S/C15H14FN3O/c1-2-19(13-6-4-3-5-11(13)16)15-18-12-8-7-10(17)9-14(12)20-15/h3-9H,2,17H2,1H3. The first-order chi connectivity index (χ1) is 9.69. The summed E-state index contributed by atoms with van der Waals surface area (Å²) < 4.78 is 19.6. The molecule has 0 saturated heterocycles. The molecule has 0 radical (unpaired) electrons. The zero-order valence-corrected chi connectivity index (χ0v) is 11.0. The Hall–Kier alpha value is -2.56. The van der Waals surface area contributed by atoms with E-state index >= 15 is 0 Å². The van der Waals surface area contributed by atoms with Gasteiger partial charge in [0.25, 0.3) is 0 Å². The van der Waals surface area contributed by atoms with E-state index in [0.29, 0.717) is 35.0 Å². The van der Waals surface area contributed by atoms with Crippen LogP contribution < -0.4 is 10.6 Å². The van der Waals surface area contributed by atoms with Gasteiger partial charge in [-0.25, -0.2) is 4.39 Å². The number of nitrogens with zero attached hydrogens (tertiary/aromatic N) is 2. The van der Waals surface area contributed by atoms with E-state index in [0.717, 1.165) is 0 Å². The second-order valence-corrected chi connectivity index (χ2v) is 4.42. The largest absolute Gasteiger partial charge is 0.423 e. The van der Waals surface area contributed by atoms with Crippen LogP contribution in [0.25, 0.3) is 11.1 Å². The minimum absolute atomic E-state index is 0.309. The summed E-state index contributed by atoms with van der Waals surface area (Å²) in [5, 5.41) is 0. The summed E-state index contributed by atoms with van der Waals surface area (Å²) in [6, 6.07) is 12.2. The molecule has 0 saturated carbocycles. The third-order valence-corrected chi connectivity index (χ3v) is 3.09. The van der Waals surface area contributed by atoms with Gasteiger partial charge in [-0.15, -0.1) is 0 Å². The highest BCUT2D eigenvalue weighted by Gasteiger charge is 2.17. The van der Waals surface area contributed by atoms with Crippen LogP contribution in [-0.2, 0) is 0 Å². The minimum atomic E-state index is -0.309. The molecule has 1 aromatic heterocycles. The van der Waals surface area contributed by atoms with Gasteiger partial charge in [0.1, 0.15) is 11.3 Å². The number of rotatable bonds is 3. The molecular formula is C15H14FN3O. The number of nitrogens with two attached hydrogens (primary N) is 1. The van der Waals surface area contributed by atoms with Crippen molar-refractivity contribution < 1.29 is 8.81 Å². The fourth-order valence-corrected chi connectivity index (χ4v) is 2.12. The number of halogens is 1. The maximum Gasteiger partial charge on any atom is 0.303 e. The molecule has 0 aliphatic rings. The van der Waals surface area contributed by atoms with Crippen molar-refractivity contribution in [3.05, 3.63) is 48.3 Å². The van der Waals surface area contributed by atoms with Crippen molar-refractivity contribution in [2.75, 3.05) is 17.2 Å². The molecule has 4 nitrogen and oxygen atoms in total. The van der Waals surface area contributed by atoms with E-state index in [4.69, 9.17) is 10.2 Å². The van der Waals surface area contributed by atoms with E-state index < -0.39 is 0 Å². The lowest BCUT2D eigenvalue weighted by atomic mass is 10.3. The van der Waals surface area contributed by atoms with Crippen LogP contribution in [0.15, 0.2) is 46.9 Å². The van der Waals surface area contributed by atoms with Crippen molar-refractivity contribution in [3.8, 4) is 0 Å². The van der Waals surface area contributed by atoms with Crippen LogP contribution in [0.1, 0.15) is 6.92 Å². The highest BCUT2D eigenvalue weighted by molar-refractivity contribution is 5.79. The van der Waals surface area contributed by atoms with Crippen molar-refractivity contribution in [2.45, 2.75) is 6.92 Å². The normalized spacial score (nSPS) is 10.9. The molecule has 0 amide bonds. The monoisotopic (exact) mass is 271 g/mol. The Bertz CT molecular complexity index is 754. The third-order valence-electron chi connectivity index (χ3n) is 3.09. The van der Waals surface area contributed by atoms with Gasteiger partial charge in [-0.1, -0.05) is 12.1 Å². The average molecular weight is 271 g/mol. The van der Waals surface area contributed by atoms with Gasteiger partial charge >= 0.3 is 6.01 Å². The number of para-hydroxylation sites is 1. The lowest BCUT2D eigenvalue weighted by Crippen LogP contribution is -2.17. The maximum absolute atomic E-state index is 13.9. The molecule has 3 rings (SSSR count). The van der Waals surface area contributed by atoms with Gasteiger partial charge in [-0.05, 0) is 31.2 Å². The SMILES string of the molecule is CCN(c1nc2ccc(N)cc2o1)c1ccccc1F. The summed E-state index contributed by atoms with van der Waals surface area (Å²) in [4.78, 5) is 6.07. The highest BCUT2D eigenvalue weighted by Crippen LogP contribution is 2.30. The average Bonchev–Trinajstić information content (AvgIpc) is 2.84. The Kier molecular flexibility index (Phi) is 3.02. The van der Waals surface area contributed by atoms with Crippen LogP contribution in [0.5, 0.6) is 0 Å². The number of hydrogen-bond acceptors (Lipinski definition) is 4. The van der Waals surface area contributed by atoms with Crippen molar-refractivity contribution in [1.82, 2.24) is 4.98 Å². The fourth-order valence-electron chi connectivity index (χ4n) is 2.12. The Morgan fingerprint density at radius 3 is 2.80 bits per heavy atom. The molecule has 20 heavy (non-hydrogen) atoms. The van der Waals surface area contributed by atoms with Gasteiger partial charge in [0.05, 0.1) is 5.69 Å². The van der Waals surface area contributed by atoms with Crippen LogP contribution >= 0.6 is 0 Å². The molecule has 1 heterocycles. The van der Waals surface area contributed by atoms with E-state index in [9.17, 15) is 4.39 Å². The van der Waals surface area contributed by atoms with Gasteiger partial charge < -0.3 is 10.2 Å². The Balaban J connectivity index is 2.10. The molecular weight excluding hydrogens is 257 g/mol. The topological polar surface area (TPSA) is 55.3 Å². The molecule has 0 atom stereocenters. The zero-order chi connectivity index (χ0) is 14.1. The van der Waals surface area contributed by atoms with E-state index in [1.54, 1.807) is 41.3 Å². The molecule has 102 valence electrons. The van der Waals surface area contributed by atoms with Crippen LogP contribution in [0, 0.1) is 5.82 Å². The predicted molar refractivity (Wildman–Crippen MR) is 77.5 cm³/mol. The lowest BCUT2D eigenvalue weighted by molar-refractivity contribution is 0.582. The second kappa shape index (κ2) is 4.85. The van der Waals surface area contributed by atoms with E-state index in [1.807, 2.05) is 6.92 Å². The van der Waals surface area contributed by atoms with Crippen molar-refractivity contribution in [2.24, 2.45) is 0 Å². The zero-order valence-electron chi connectivity index (χ0n) is 11.0. The Labute approximate surface area is 115 Å². The summed E-state index contributed by atoms with van der Waals surface area (Å²) >= 11 is 0. The number of nitrogen functional groups attached to an aromatic ring is 1. The van der Waals surface area contributed by atoms with Crippen molar-refractivity contribution in [3.63, 3.8) is 0 Å². The molecule has 0 aliphatic carbocycles. The molecule has 5 heteroatoms. The van der Waals surface area contributed by atoms with Crippen LogP contribution in [0.4, 0.5) is 21.8 Å². The number of benzene rings is 2. The third kappa shape index (κ3) is 2.07. The van der Waals surface area contributed by atoms with Gasteiger partial charge in [0.15, 0.2) is 5.58 Å². The summed E-state index contributed by atoms with van der Waals surface area (Å²) in [5.41, 5.74) is 8.05. The van der Waals surface area contributed by atoms with Crippen molar-refractivity contribution in [1.29, 1.82) is 0 Å². The van der Waals surface area contributed by atoms with Crippen molar-refractivity contribution >= 4 is 28.5 Å². The summed E-state index contributed by atoms with van der Waals surface area (Å²) in [6.45, 7) is 2.46. The molecule has 2 N–H and O–H groups in total. The number of fused-ring (bicyclic) bond motifs is 1. The first-order valence-corrected chi connectivity index (χ1v) is 6.37. The van der Waals surface area contributed by atoms with Gasteiger partial charge in [0, 0.05) is 18.3 Å². The van der Waals surface area contributed by atoms with E-state index in [1.165, 1.54) is 6.07 Å². The van der Waals surface area contributed by atoms with Crippen LogP contribution in [-0.4, -0.2) is 11.5 Å². The molecule has 0 unspecified atom stereocenters. The summed E-state index contributed by atoms with van der Waals surface area (Å²) in [6.07, 6.45) is 0. The number of aromatic nitrogens is 1. The molecule has 3 aromatic rings. The highest BCUT2D eigenvalue weighted by atomic mass is 19.1. The molecule has 0 spiro atoms. The number of hydrogen-bond donors (Lipinski definition) is 1. The first-order valence-electron chi connectivity index (χ1n) is 6.37. The predicted octanol–water partition coefficient (Wildman–Crippen LogP) is 3.71. The molecule has 0 fully saturated rings. The second-order valence-electron chi connectivity index (χ2n) is 4.42. The Morgan fingerprint density at radius 1 is 1.25 bits per heavy atom. The maximum atomic E-state index is 13.9. The smallest absolute Gasteiger partial charge is 0.303 e. The molecule has 2 aromatic carbocycles. The quantitative estimate of drug-likeness (QED) is 0.738. The molecule has 0 aliphatic heterocycles. The lowest BCUT2D eigenvalue weighted by Gasteiger charge is -2.18. The fraction of sp³-hybridized carbons (Fsp3) is 0.133. The van der Waals surface area contributed by atoms with Gasteiger partial charge in [0.2, 0.25) is 0 Å². The van der Waals surface area contributed by atoms with E-state index in [-0.39, 0.29) is 5.82 Å². The minimum Gasteiger partial charge on any atom is -0.423 e. The number of anilines is 3. The summed E-state index contributed by atoms with van der Waals surface area (Å²) in [5.74, 6) is -0.309. The van der Waals surface area contributed by atoms with E-state index in [2.05, 4.69) is 4.98 Å². The van der Waals surface area contributed by atoms with Crippen LogP contribution in [0.3, 0.4) is 0 Å².